The van der Waals surface area contributed by atoms with Gasteiger partial charge in [0.15, 0.2) is 0 Å². The molecule has 3 aromatic carbocycles. The number of benzene rings is 3. The number of hydrogen-bond donors (Lipinski definition) is 0. The smallest absolute Gasteiger partial charge is 0.243 e. The summed E-state index contributed by atoms with van der Waals surface area (Å²) in [5.74, 6) is 0. The quantitative estimate of drug-likeness (QED) is 0.301. The number of nitrogens with zero attached hydrogens (tertiary/aromatic N) is 5. The molecule has 0 aliphatic carbocycles. The summed E-state index contributed by atoms with van der Waals surface area (Å²) in [6.07, 6.45) is 9.56. The third-order valence-corrected chi connectivity index (χ3v) is 8.58. The molecule has 0 amide bonds. The highest BCUT2D eigenvalue weighted by Gasteiger charge is 2.28. The molecule has 9 heteroatoms. The summed E-state index contributed by atoms with van der Waals surface area (Å²) in [6.45, 7) is 2.66. The molecule has 2 heterocycles. The van der Waals surface area contributed by atoms with Gasteiger partial charge in [-0.2, -0.15) is 9.57 Å². The van der Waals surface area contributed by atoms with Crippen LogP contribution in [0.3, 0.4) is 0 Å². The van der Waals surface area contributed by atoms with Crippen molar-refractivity contribution in [2.24, 2.45) is 0 Å². The topological polar surface area (TPSA) is 82.2 Å². The van der Waals surface area contributed by atoms with Gasteiger partial charge in [-0.05, 0) is 65.2 Å². The highest BCUT2D eigenvalue weighted by Crippen LogP contribution is 2.23. The molecule has 1 aliphatic rings. The fourth-order valence-corrected chi connectivity index (χ4v) is 6.24. The van der Waals surface area contributed by atoms with Gasteiger partial charge in [-0.3, -0.25) is 0 Å². The lowest BCUT2D eigenvalue weighted by atomic mass is 10.1. The second-order valence-electron chi connectivity index (χ2n) is 9.08. The highest BCUT2D eigenvalue weighted by molar-refractivity contribution is 7.89. The summed E-state index contributed by atoms with van der Waals surface area (Å²) in [7, 11) is -3.63. The first kappa shape index (κ1) is 25.7. The summed E-state index contributed by atoms with van der Waals surface area (Å²) >= 11 is 6.35. The van der Waals surface area contributed by atoms with Gasteiger partial charge in [0.25, 0.3) is 0 Å². The standard InChI is InChI=1S/C29H26ClN5O2S/c30-27-17-24(16-26(18-27)21-33-11-10-32-22-33)5-4-23-6-8-28(9-7-23)34-12-14-35(15-13-34)38(36,37)29-3-1-2-25(19-29)20-31/h1-11,16-19,22H,12-15,21H2/b5-4+. The molecule has 0 radical (unpaired) electrons. The molecule has 4 aromatic rings. The summed E-state index contributed by atoms with van der Waals surface area (Å²) in [5.41, 5.74) is 4.57. The van der Waals surface area contributed by atoms with E-state index in [4.69, 9.17) is 16.9 Å². The van der Waals surface area contributed by atoms with Crippen LogP contribution in [0.1, 0.15) is 22.3 Å². The molecule has 5 rings (SSSR count). The molecule has 1 aliphatic heterocycles. The zero-order valence-electron chi connectivity index (χ0n) is 20.6. The van der Waals surface area contributed by atoms with Crippen LogP contribution in [-0.2, 0) is 16.6 Å². The SMILES string of the molecule is N#Cc1cccc(S(=O)(=O)N2CCN(c3ccc(/C=C/c4cc(Cl)cc(Cn5ccnc5)c4)cc3)CC2)c1. The van der Waals surface area contributed by atoms with Gasteiger partial charge >= 0.3 is 0 Å². The van der Waals surface area contributed by atoms with Crippen molar-refractivity contribution in [3.8, 4) is 6.07 Å². The molecule has 1 saturated heterocycles. The van der Waals surface area contributed by atoms with E-state index in [2.05, 4.69) is 46.3 Å². The average molecular weight is 544 g/mol. The van der Waals surface area contributed by atoms with Gasteiger partial charge in [-0.1, -0.05) is 42.0 Å². The molecule has 0 saturated carbocycles. The van der Waals surface area contributed by atoms with Gasteiger partial charge in [-0.15, -0.1) is 0 Å². The minimum Gasteiger partial charge on any atom is -0.369 e. The maximum Gasteiger partial charge on any atom is 0.243 e. The first-order chi connectivity index (χ1) is 18.4. The Labute approximate surface area is 227 Å². The third-order valence-electron chi connectivity index (χ3n) is 6.47. The van der Waals surface area contributed by atoms with Crippen molar-refractivity contribution in [1.82, 2.24) is 13.9 Å². The molecule has 7 nitrogen and oxygen atoms in total. The second-order valence-corrected chi connectivity index (χ2v) is 11.5. The van der Waals surface area contributed by atoms with Crippen LogP contribution in [-0.4, -0.2) is 48.5 Å². The average Bonchev–Trinajstić information content (AvgIpc) is 3.45. The van der Waals surface area contributed by atoms with Gasteiger partial charge < -0.3 is 9.47 Å². The van der Waals surface area contributed by atoms with Crippen LogP contribution >= 0.6 is 11.6 Å². The molecule has 0 unspecified atom stereocenters. The van der Waals surface area contributed by atoms with Gasteiger partial charge in [-0.25, -0.2) is 13.4 Å². The fraction of sp³-hybridized carbons (Fsp3) is 0.172. The highest BCUT2D eigenvalue weighted by atomic mass is 35.5. The molecule has 0 atom stereocenters. The largest absolute Gasteiger partial charge is 0.369 e. The number of nitriles is 1. The van der Waals surface area contributed by atoms with Crippen molar-refractivity contribution in [2.45, 2.75) is 11.4 Å². The Kier molecular flexibility index (Phi) is 7.61. The van der Waals surface area contributed by atoms with Gasteiger partial charge in [0, 0.05) is 55.8 Å². The number of piperazine rings is 1. The first-order valence-corrected chi connectivity index (χ1v) is 14.0. The molecule has 0 N–H and O–H groups in total. The van der Waals surface area contributed by atoms with Crippen molar-refractivity contribution < 1.29 is 8.42 Å². The van der Waals surface area contributed by atoms with Crippen molar-refractivity contribution in [3.63, 3.8) is 0 Å². The van der Waals surface area contributed by atoms with Crippen LogP contribution in [0.5, 0.6) is 0 Å². The van der Waals surface area contributed by atoms with E-state index in [1.165, 1.54) is 10.4 Å². The number of halogens is 1. The van der Waals surface area contributed by atoms with Gasteiger partial charge in [0.2, 0.25) is 10.0 Å². The molecule has 38 heavy (non-hydrogen) atoms. The zero-order valence-corrected chi connectivity index (χ0v) is 22.2. The summed E-state index contributed by atoms with van der Waals surface area (Å²) in [4.78, 5) is 6.43. The van der Waals surface area contributed by atoms with E-state index < -0.39 is 10.0 Å². The Morgan fingerprint density at radius 2 is 1.71 bits per heavy atom. The Morgan fingerprint density at radius 1 is 0.947 bits per heavy atom. The molecule has 1 fully saturated rings. The first-order valence-electron chi connectivity index (χ1n) is 12.2. The molecule has 1 aromatic heterocycles. The Hall–Kier alpha value is -3.90. The maximum atomic E-state index is 13.0. The van der Waals surface area contributed by atoms with Crippen molar-refractivity contribution in [3.05, 3.63) is 113 Å². The van der Waals surface area contributed by atoms with Crippen LogP contribution < -0.4 is 4.90 Å². The molecule has 192 valence electrons. The van der Waals surface area contributed by atoms with Gasteiger partial charge in [0.05, 0.1) is 22.9 Å². The molecular formula is C29H26ClN5O2S. The predicted octanol–water partition coefficient (Wildman–Crippen LogP) is 5.14. The molecule has 0 bridgehead atoms. The Morgan fingerprint density at radius 3 is 2.42 bits per heavy atom. The molecular weight excluding hydrogens is 518 g/mol. The van der Waals surface area contributed by atoms with Crippen molar-refractivity contribution in [2.75, 3.05) is 31.1 Å². The number of hydrogen-bond acceptors (Lipinski definition) is 5. The van der Waals surface area contributed by atoms with E-state index in [1.54, 1.807) is 30.7 Å². The monoisotopic (exact) mass is 543 g/mol. The normalized spacial score (nSPS) is 14.6. The summed E-state index contributed by atoms with van der Waals surface area (Å²) in [6, 6.07) is 22.4. The zero-order chi connectivity index (χ0) is 26.5. The number of sulfonamides is 1. The van der Waals surface area contributed by atoms with Crippen LogP contribution in [0, 0.1) is 11.3 Å². The lowest BCUT2D eigenvalue weighted by Gasteiger charge is -2.35. The number of rotatable bonds is 7. The maximum absolute atomic E-state index is 13.0. The lowest BCUT2D eigenvalue weighted by Crippen LogP contribution is -2.48. The minimum atomic E-state index is -3.63. The van der Waals surface area contributed by atoms with E-state index in [0.717, 1.165) is 22.4 Å². The number of anilines is 1. The summed E-state index contributed by atoms with van der Waals surface area (Å²) < 4.78 is 29.6. The Balaban J connectivity index is 1.21. The van der Waals surface area contributed by atoms with Gasteiger partial charge in [0.1, 0.15) is 0 Å². The van der Waals surface area contributed by atoms with E-state index in [0.29, 0.717) is 43.3 Å². The fourth-order valence-electron chi connectivity index (χ4n) is 4.50. The minimum absolute atomic E-state index is 0.162. The predicted molar refractivity (Wildman–Crippen MR) is 150 cm³/mol. The van der Waals surface area contributed by atoms with Crippen molar-refractivity contribution >= 4 is 39.5 Å². The van der Waals surface area contributed by atoms with Crippen LogP contribution in [0.4, 0.5) is 5.69 Å². The number of aromatic nitrogens is 2. The van der Waals surface area contributed by atoms with Crippen LogP contribution in [0.25, 0.3) is 12.2 Å². The van der Waals surface area contributed by atoms with E-state index in [-0.39, 0.29) is 4.90 Å². The van der Waals surface area contributed by atoms with Crippen LogP contribution in [0.15, 0.2) is 90.3 Å². The van der Waals surface area contributed by atoms with E-state index in [1.807, 2.05) is 35.0 Å². The molecule has 0 spiro atoms. The number of imidazole rings is 1. The van der Waals surface area contributed by atoms with E-state index in [9.17, 15) is 8.42 Å². The third kappa shape index (κ3) is 5.97. The lowest BCUT2D eigenvalue weighted by molar-refractivity contribution is 0.385. The summed E-state index contributed by atoms with van der Waals surface area (Å²) in [5, 5.41) is 9.79. The van der Waals surface area contributed by atoms with Crippen molar-refractivity contribution in [1.29, 1.82) is 5.26 Å². The second kappa shape index (κ2) is 11.2. The van der Waals surface area contributed by atoms with E-state index >= 15 is 0 Å². The van der Waals surface area contributed by atoms with Crippen LogP contribution in [0.2, 0.25) is 5.02 Å². The Bertz CT molecular complexity index is 1580.